The number of hydrogen-bond donors (Lipinski definition) is 0. The number of halogens is 1. The van der Waals surface area contributed by atoms with E-state index in [9.17, 15) is 0 Å². The average molecular weight is 823 g/mol. The number of ether oxygens (including phenoxy) is 1. The molecule has 0 saturated carbocycles. The molecule has 0 fully saturated rings. The molecular formula is C52H57BrNOP. The third kappa shape index (κ3) is 11.7. The summed E-state index contributed by atoms with van der Waals surface area (Å²) in [6.45, 7) is 1.56. The van der Waals surface area contributed by atoms with E-state index in [0.717, 1.165) is 18.7 Å². The SMILES string of the molecule is CN(C)CCOc1ccc(/C(=C(/C=CCCCCCCCC[P+](c2ccccc2)(c2ccccc2)c2ccccc2)c2ccccc2)c2ccccc2)cc1.[Br-]. The lowest BCUT2D eigenvalue weighted by atomic mass is 9.89. The topological polar surface area (TPSA) is 12.5 Å². The maximum absolute atomic E-state index is 6.04. The summed E-state index contributed by atoms with van der Waals surface area (Å²) in [5, 5.41) is 4.46. The first-order valence-corrected chi connectivity index (χ1v) is 22.1. The molecule has 288 valence electrons. The molecule has 0 unspecified atom stereocenters. The lowest BCUT2D eigenvalue weighted by Crippen LogP contribution is -3.00. The van der Waals surface area contributed by atoms with E-state index in [1.54, 1.807) is 0 Å². The van der Waals surface area contributed by atoms with Crippen LogP contribution in [0, 0.1) is 0 Å². The Morgan fingerprint density at radius 2 is 0.929 bits per heavy atom. The van der Waals surface area contributed by atoms with Crippen molar-refractivity contribution < 1.29 is 21.7 Å². The molecule has 56 heavy (non-hydrogen) atoms. The maximum Gasteiger partial charge on any atom is 0.119 e. The summed E-state index contributed by atoms with van der Waals surface area (Å²) < 4.78 is 6.04. The molecule has 6 rings (SSSR count). The summed E-state index contributed by atoms with van der Waals surface area (Å²) in [5.41, 5.74) is 6.11. The van der Waals surface area contributed by atoms with Crippen molar-refractivity contribution in [3.8, 4) is 5.75 Å². The third-order valence-corrected chi connectivity index (χ3v) is 14.9. The van der Waals surface area contributed by atoms with Crippen molar-refractivity contribution in [2.45, 2.75) is 44.9 Å². The largest absolute Gasteiger partial charge is 1.00 e. The van der Waals surface area contributed by atoms with Gasteiger partial charge >= 0.3 is 0 Å². The van der Waals surface area contributed by atoms with E-state index in [0.29, 0.717) is 6.61 Å². The minimum Gasteiger partial charge on any atom is -1.00 e. The van der Waals surface area contributed by atoms with Crippen LogP contribution in [0.25, 0.3) is 11.1 Å². The van der Waals surface area contributed by atoms with Crippen molar-refractivity contribution in [3.05, 3.63) is 205 Å². The maximum atomic E-state index is 6.04. The van der Waals surface area contributed by atoms with Crippen LogP contribution in [0.4, 0.5) is 0 Å². The molecule has 0 amide bonds. The molecule has 0 spiro atoms. The fraction of sp³-hybridized carbons (Fsp3) is 0.231. The molecule has 0 aliphatic rings. The highest BCUT2D eigenvalue weighted by molar-refractivity contribution is 7.95. The van der Waals surface area contributed by atoms with Gasteiger partial charge in [-0.3, -0.25) is 0 Å². The van der Waals surface area contributed by atoms with Crippen LogP contribution >= 0.6 is 7.26 Å². The van der Waals surface area contributed by atoms with Crippen LogP contribution in [0.5, 0.6) is 5.75 Å². The zero-order valence-corrected chi connectivity index (χ0v) is 35.6. The van der Waals surface area contributed by atoms with E-state index in [-0.39, 0.29) is 17.0 Å². The molecule has 0 aromatic heterocycles. The summed E-state index contributed by atoms with van der Waals surface area (Å²) in [7, 11) is 2.40. The average Bonchev–Trinajstić information content (AvgIpc) is 3.24. The first-order chi connectivity index (χ1) is 27.1. The van der Waals surface area contributed by atoms with Crippen molar-refractivity contribution in [1.29, 1.82) is 0 Å². The number of likely N-dealkylation sites (N-methyl/N-ethyl adjacent to an activating group) is 1. The fourth-order valence-corrected chi connectivity index (χ4v) is 11.9. The Balaban J connectivity index is 0.00000600. The standard InChI is InChI=1S/C52H57NOP.BrH/c1-53(2)41-42-54-47-39-37-46(38-40-47)52(45-28-16-10-17-29-45)51(44-26-14-9-15-27-44)36-24-7-5-3-4-6-8-25-43-55(48-30-18-11-19-31-48,49-32-20-12-21-33-49)50-34-22-13-23-35-50;/h9-24,26-40H,3-8,25,41-43H2,1-2H3;1H/q+1;/p-1/b36-24?,52-51-;. The Morgan fingerprint density at radius 3 is 1.43 bits per heavy atom. The Labute approximate surface area is 348 Å². The Hall–Kier alpha value is -4.53. The van der Waals surface area contributed by atoms with Gasteiger partial charge in [-0.2, -0.15) is 0 Å². The van der Waals surface area contributed by atoms with E-state index in [1.807, 2.05) is 0 Å². The van der Waals surface area contributed by atoms with Crippen LogP contribution in [0.1, 0.15) is 61.6 Å². The summed E-state index contributed by atoms with van der Waals surface area (Å²) >= 11 is 0. The Bertz CT molecular complexity index is 1930. The van der Waals surface area contributed by atoms with Crippen LogP contribution < -0.4 is 37.6 Å². The molecule has 0 radical (unpaired) electrons. The molecule has 6 aromatic rings. The van der Waals surface area contributed by atoms with E-state index in [1.165, 1.54) is 88.4 Å². The van der Waals surface area contributed by atoms with E-state index in [2.05, 4.69) is 207 Å². The van der Waals surface area contributed by atoms with Gasteiger partial charge in [-0.15, -0.1) is 0 Å². The Morgan fingerprint density at radius 1 is 0.500 bits per heavy atom. The van der Waals surface area contributed by atoms with Crippen molar-refractivity contribution in [2.75, 3.05) is 33.4 Å². The van der Waals surface area contributed by atoms with Gasteiger partial charge in [0.15, 0.2) is 0 Å². The number of nitrogens with zero attached hydrogens (tertiary/aromatic N) is 1. The van der Waals surface area contributed by atoms with Crippen molar-refractivity contribution in [1.82, 2.24) is 4.90 Å². The molecule has 6 aromatic carbocycles. The normalized spacial score (nSPS) is 12.0. The van der Waals surface area contributed by atoms with Gasteiger partial charge in [0.05, 0.1) is 6.16 Å². The summed E-state index contributed by atoms with van der Waals surface area (Å²) in [6, 6.07) is 64.1. The van der Waals surface area contributed by atoms with Crippen LogP contribution in [-0.2, 0) is 0 Å². The van der Waals surface area contributed by atoms with Gasteiger partial charge in [0.1, 0.15) is 35.5 Å². The number of hydrogen-bond acceptors (Lipinski definition) is 2. The van der Waals surface area contributed by atoms with Gasteiger partial charge < -0.3 is 26.6 Å². The summed E-state index contributed by atoms with van der Waals surface area (Å²) in [6.07, 6.45) is 14.6. The molecule has 0 aliphatic carbocycles. The molecule has 0 N–H and O–H groups in total. The van der Waals surface area contributed by atoms with Gasteiger partial charge in [0.2, 0.25) is 0 Å². The second-order valence-corrected chi connectivity index (χ2v) is 18.2. The highest BCUT2D eigenvalue weighted by Crippen LogP contribution is 2.56. The van der Waals surface area contributed by atoms with Gasteiger partial charge in [-0.25, -0.2) is 0 Å². The number of allylic oxidation sites excluding steroid dienone is 3. The highest BCUT2D eigenvalue weighted by Gasteiger charge is 2.44. The predicted molar refractivity (Wildman–Crippen MR) is 241 cm³/mol. The lowest BCUT2D eigenvalue weighted by Gasteiger charge is -2.27. The smallest absolute Gasteiger partial charge is 0.119 e. The van der Waals surface area contributed by atoms with E-state index in [4.69, 9.17) is 4.74 Å². The molecule has 0 bridgehead atoms. The first kappa shape index (κ1) is 42.6. The second-order valence-electron chi connectivity index (χ2n) is 14.5. The minimum absolute atomic E-state index is 0. The summed E-state index contributed by atoms with van der Waals surface area (Å²) in [4.78, 5) is 2.14. The molecule has 4 heteroatoms. The van der Waals surface area contributed by atoms with E-state index < -0.39 is 7.26 Å². The van der Waals surface area contributed by atoms with Crippen molar-refractivity contribution >= 4 is 34.3 Å². The number of unbranched alkanes of at least 4 members (excludes halogenated alkanes) is 6. The highest BCUT2D eigenvalue weighted by atomic mass is 79.9. The number of rotatable bonds is 20. The van der Waals surface area contributed by atoms with Crippen LogP contribution in [0.2, 0.25) is 0 Å². The minimum atomic E-state index is -1.74. The lowest BCUT2D eigenvalue weighted by molar-refractivity contribution is -0.0000114. The van der Waals surface area contributed by atoms with Crippen molar-refractivity contribution in [2.24, 2.45) is 0 Å². The molecule has 0 heterocycles. The quantitative estimate of drug-likeness (QED) is 0.0331. The summed E-state index contributed by atoms with van der Waals surface area (Å²) in [5.74, 6) is 0.902. The molecule has 0 aliphatic heterocycles. The zero-order chi connectivity index (χ0) is 38.0. The van der Waals surface area contributed by atoms with Crippen LogP contribution in [0.3, 0.4) is 0 Å². The van der Waals surface area contributed by atoms with Crippen LogP contribution in [-0.4, -0.2) is 38.3 Å². The molecule has 0 atom stereocenters. The second kappa shape index (κ2) is 22.9. The molecular weight excluding hydrogens is 765 g/mol. The molecule has 0 saturated heterocycles. The van der Waals surface area contributed by atoms with Gasteiger partial charge in [-0.05, 0) is 116 Å². The van der Waals surface area contributed by atoms with E-state index >= 15 is 0 Å². The van der Waals surface area contributed by atoms with Gasteiger partial charge in [0, 0.05) is 6.54 Å². The van der Waals surface area contributed by atoms with Crippen molar-refractivity contribution in [3.63, 3.8) is 0 Å². The fourth-order valence-electron chi connectivity index (χ4n) is 7.49. The first-order valence-electron chi connectivity index (χ1n) is 20.1. The number of benzene rings is 6. The monoisotopic (exact) mass is 821 g/mol. The van der Waals surface area contributed by atoms with Gasteiger partial charge in [0.25, 0.3) is 0 Å². The van der Waals surface area contributed by atoms with Gasteiger partial charge in [-0.1, -0.05) is 159 Å². The zero-order valence-electron chi connectivity index (χ0n) is 33.1. The molecule has 2 nitrogen and oxygen atoms in total. The van der Waals surface area contributed by atoms with Crippen LogP contribution in [0.15, 0.2) is 188 Å². The Kier molecular flexibility index (Phi) is 17.4. The predicted octanol–water partition coefficient (Wildman–Crippen LogP) is 8.87. The third-order valence-electron chi connectivity index (χ3n) is 10.4.